The van der Waals surface area contributed by atoms with Gasteiger partial charge in [-0.15, -0.1) is 0 Å². The second-order valence-corrected chi connectivity index (χ2v) is 10.4. The van der Waals surface area contributed by atoms with Crippen LogP contribution in [0.2, 0.25) is 0 Å². The van der Waals surface area contributed by atoms with E-state index in [0.717, 1.165) is 16.1 Å². The Bertz CT molecular complexity index is 1230. The number of benzene rings is 2. The number of hydrogen-bond acceptors (Lipinski definition) is 6. The van der Waals surface area contributed by atoms with Crippen molar-refractivity contribution < 1.29 is 37.4 Å². The molecule has 0 spiro atoms. The minimum absolute atomic E-state index is 0.00513. The predicted molar refractivity (Wildman–Crippen MR) is 145 cm³/mol. The summed E-state index contributed by atoms with van der Waals surface area (Å²) >= 11 is 3.35. The first-order chi connectivity index (χ1) is 19.0. The van der Waals surface area contributed by atoms with Gasteiger partial charge in [0.2, 0.25) is 17.7 Å². The number of nitrogens with zero attached hydrogens (tertiary/aromatic N) is 1. The lowest BCUT2D eigenvalue weighted by Crippen LogP contribution is -2.57. The standard InChI is InChI=1S/C28H32BrF2N3O6/c1-16(39-2)26(27(37)32-22(28(38)40-3)13-17-7-9-19(29)10-8-17)33-23(35)14-20-11-12-24(36)34(20)15-18-5-4-6-21(30)25(18)31/h4-10,16,20,22,26H,11-15H2,1-3H3,(H,32,37)(H,33,35)/t16-,20+,22+,26+/m1/s1. The van der Waals surface area contributed by atoms with E-state index < -0.39 is 53.6 Å². The van der Waals surface area contributed by atoms with Crippen LogP contribution in [0.1, 0.15) is 37.3 Å². The second-order valence-electron chi connectivity index (χ2n) is 9.53. The Balaban J connectivity index is 1.69. The highest BCUT2D eigenvalue weighted by Gasteiger charge is 2.36. The summed E-state index contributed by atoms with van der Waals surface area (Å²) in [6.45, 7) is 1.40. The Labute approximate surface area is 239 Å². The summed E-state index contributed by atoms with van der Waals surface area (Å²) in [6, 6.07) is 8.17. The molecule has 2 aromatic carbocycles. The highest BCUT2D eigenvalue weighted by molar-refractivity contribution is 9.10. The molecule has 3 rings (SSSR count). The number of esters is 1. The molecule has 0 bridgehead atoms. The van der Waals surface area contributed by atoms with Crippen LogP contribution in [0.5, 0.6) is 0 Å². The van der Waals surface area contributed by atoms with E-state index in [0.29, 0.717) is 6.42 Å². The molecule has 40 heavy (non-hydrogen) atoms. The van der Waals surface area contributed by atoms with Crippen molar-refractivity contribution in [3.05, 3.63) is 69.7 Å². The van der Waals surface area contributed by atoms with E-state index in [1.807, 2.05) is 0 Å². The van der Waals surface area contributed by atoms with E-state index in [1.165, 1.54) is 31.3 Å². The van der Waals surface area contributed by atoms with Gasteiger partial charge in [-0.3, -0.25) is 14.4 Å². The van der Waals surface area contributed by atoms with Crippen LogP contribution in [0, 0.1) is 11.6 Å². The number of hydrogen-bond donors (Lipinski definition) is 2. The number of carbonyl (C=O) groups excluding carboxylic acids is 4. The molecule has 1 aliphatic rings. The van der Waals surface area contributed by atoms with E-state index in [2.05, 4.69) is 26.6 Å². The Morgan fingerprint density at radius 1 is 1.10 bits per heavy atom. The fourth-order valence-corrected chi connectivity index (χ4v) is 4.77. The largest absolute Gasteiger partial charge is 0.467 e. The molecule has 2 aromatic rings. The van der Waals surface area contributed by atoms with Gasteiger partial charge in [0.15, 0.2) is 11.6 Å². The van der Waals surface area contributed by atoms with Crippen molar-refractivity contribution in [3.8, 4) is 0 Å². The quantitative estimate of drug-likeness (QED) is 0.351. The molecule has 216 valence electrons. The van der Waals surface area contributed by atoms with Gasteiger partial charge in [0.1, 0.15) is 12.1 Å². The molecule has 0 radical (unpaired) electrons. The highest BCUT2D eigenvalue weighted by Crippen LogP contribution is 2.25. The van der Waals surface area contributed by atoms with Crippen LogP contribution in [0.25, 0.3) is 0 Å². The van der Waals surface area contributed by atoms with Crippen molar-refractivity contribution in [1.29, 1.82) is 0 Å². The lowest BCUT2D eigenvalue weighted by Gasteiger charge is -2.28. The van der Waals surface area contributed by atoms with Gasteiger partial charge in [-0.25, -0.2) is 13.6 Å². The lowest BCUT2D eigenvalue weighted by molar-refractivity contribution is -0.146. The smallest absolute Gasteiger partial charge is 0.328 e. The van der Waals surface area contributed by atoms with Crippen LogP contribution >= 0.6 is 15.9 Å². The summed E-state index contributed by atoms with van der Waals surface area (Å²) in [4.78, 5) is 52.6. The minimum atomic E-state index is -1.17. The summed E-state index contributed by atoms with van der Waals surface area (Å²) in [6.07, 6.45) is -0.273. The minimum Gasteiger partial charge on any atom is -0.467 e. The third-order valence-corrected chi connectivity index (χ3v) is 7.37. The number of nitrogens with one attached hydrogen (secondary N) is 2. The Kier molecular flexibility index (Phi) is 11.1. The topological polar surface area (TPSA) is 114 Å². The van der Waals surface area contributed by atoms with E-state index in [-0.39, 0.29) is 37.3 Å². The van der Waals surface area contributed by atoms with Gasteiger partial charge in [0, 0.05) is 49.0 Å². The normalized spacial score (nSPS) is 17.2. The third-order valence-electron chi connectivity index (χ3n) is 6.84. The van der Waals surface area contributed by atoms with Crippen molar-refractivity contribution in [2.45, 2.75) is 63.4 Å². The number of methoxy groups -OCH3 is 2. The van der Waals surface area contributed by atoms with Crippen LogP contribution in [-0.2, 0) is 41.6 Å². The summed E-state index contributed by atoms with van der Waals surface area (Å²) < 4.78 is 38.9. The molecule has 1 heterocycles. The van der Waals surface area contributed by atoms with Crippen molar-refractivity contribution in [2.75, 3.05) is 14.2 Å². The average Bonchev–Trinajstić information content (AvgIpc) is 3.27. The van der Waals surface area contributed by atoms with Crippen molar-refractivity contribution in [1.82, 2.24) is 15.5 Å². The number of amides is 3. The molecular weight excluding hydrogens is 592 g/mol. The van der Waals surface area contributed by atoms with Gasteiger partial charge in [-0.1, -0.05) is 40.2 Å². The molecule has 0 saturated carbocycles. The Morgan fingerprint density at radius 3 is 2.45 bits per heavy atom. The van der Waals surface area contributed by atoms with Crippen LogP contribution < -0.4 is 10.6 Å². The molecule has 2 N–H and O–H groups in total. The first-order valence-electron chi connectivity index (χ1n) is 12.7. The number of rotatable bonds is 12. The zero-order chi connectivity index (χ0) is 29.4. The molecule has 1 aliphatic heterocycles. The summed E-state index contributed by atoms with van der Waals surface area (Å²) in [7, 11) is 2.59. The third kappa shape index (κ3) is 8.07. The van der Waals surface area contributed by atoms with Gasteiger partial charge in [-0.2, -0.15) is 0 Å². The molecule has 12 heteroatoms. The van der Waals surface area contributed by atoms with Crippen LogP contribution in [-0.4, -0.2) is 67.0 Å². The fourth-order valence-electron chi connectivity index (χ4n) is 4.51. The summed E-state index contributed by atoms with van der Waals surface area (Å²) in [5.41, 5.74) is 0.783. The number of ether oxygens (including phenoxy) is 2. The summed E-state index contributed by atoms with van der Waals surface area (Å²) in [5.74, 6) is -4.20. The van der Waals surface area contributed by atoms with Gasteiger partial charge in [0.25, 0.3) is 0 Å². The van der Waals surface area contributed by atoms with Crippen LogP contribution in [0.3, 0.4) is 0 Å². The van der Waals surface area contributed by atoms with Crippen LogP contribution in [0.4, 0.5) is 8.78 Å². The first-order valence-corrected chi connectivity index (χ1v) is 13.5. The monoisotopic (exact) mass is 623 g/mol. The van der Waals surface area contributed by atoms with Gasteiger partial charge >= 0.3 is 5.97 Å². The molecule has 0 aliphatic carbocycles. The molecule has 1 saturated heterocycles. The fraction of sp³-hybridized carbons (Fsp3) is 0.429. The SMILES string of the molecule is COC(=O)[C@H](Cc1ccc(Br)cc1)NC(=O)[C@@H](NC(=O)C[C@@H]1CCC(=O)N1Cc1cccc(F)c1F)[C@@H](C)OC. The van der Waals surface area contributed by atoms with Gasteiger partial charge < -0.3 is 25.0 Å². The second kappa shape index (κ2) is 14.3. The Morgan fingerprint density at radius 2 is 1.80 bits per heavy atom. The molecule has 4 atom stereocenters. The summed E-state index contributed by atoms with van der Waals surface area (Å²) in [5, 5.41) is 5.28. The number of carbonyl (C=O) groups is 4. The molecular formula is C28H32BrF2N3O6. The van der Waals surface area contributed by atoms with Crippen molar-refractivity contribution in [2.24, 2.45) is 0 Å². The highest BCUT2D eigenvalue weighted by atomic mass is 79.9. The van der Waals surface area contributed by atoms with E-state index in [1.54, 1.807) is 31.2 Å². The molecule has 3 amide bonds. The van der Waals surface area contributed by atoms with E-state index >= 15 is 0 Å². The van der Waals surface area contributed by atoms with Crippen molar-refractivity contribution >= 4 is 39.6 Å². The molecule has 9 nitrogen and oxygen atoms in total. The zero-order valence-electron chi connectivity index (χ0n) is 22.4. The predicted octanol–water partition coefficient (Wildman–Crippen LogP) is 3.03. The Hall–Kier alpha value is -3.38. The molecule has 0 aromatic heterocycles. The number of halogens is 3. The van der Waals surface area contributed by atoms with Crippen molar-refractivity contribution in [3.63, 3.8) is 0 Å². The lowest BCUT2D eigenvalue weighted by atomic mass is 10.0. The molecule has 1 fully saturated rings. The maximum Gasteiger partial charge on any atom is 0.328 e. The van der Waals surface area contributed by atoms with Crippen LogP contribution in [0.15, 0.2) is 46.9 Å². The maximum absolute atomic E-state index is 14.2. The van der Waals surface area contributed by atoms with E-state index in [4.69, 9.17) is 9.47 Å². The van der Waals surface area contributed by atoms with Gasteiger partial charge in [-0.05, 0) is 37.1 Å². The average molecular weight is 624 g/mol. The first kappa shape index (κ1) is 31.2. The maximum atomic E-state index is 14.2. The number of likely N-dealkylation sites (tertiary alicyclic amines) is 1. The van der Waals surface area contributed by atoms with Gasteiger partial charge in [0.05, 0.1) is 13.2 Å². The van der Waals surface area contributed by atoms with E-state index in [9.17, 15) is 28.0 Å². The molecule has 0 unspecified atom stereocenters. The zero-order valence-corrected chi connectivity index (χ0v) is 24.0.